The van der Waals surface area contributed by atoms with Crippen LogP contribution >= 0.6 is 0 Å². The van der Waals surface area contributed by atoms with Gasteiger partial charge in [0.1, 0.15) is 0 Å². The molecule has 0 aliphatic carbocycles. The van der Waals surface area contributed by atoms with Crippen LogP contribution in [-0.4, -0.2) is 33.6 Å². The lowest BCUT2D eigenvalue weighted by Crippen LogP contribution is -2.35. The van der Waals surface area contributed by atoms with Crippen molar-refractivity contribution in [1.29, 1.82) is 0 Å². The van der Waals surface area contributed by atoms with Gasteiger partial charge in [-0.05, 0) is 28.2 Å². The fourth-order valence-electron chi connectivity index (χ4n) is 3.92. The maximum atomic E-state index is 11.6. The molecular weight excluding hydrogens is 367 g/mol. The van der Waals surface area contributed by atoms with E-state index in [4.69, 9.17) is 0 Å². The maximum absolute atomic E-state index is 11.6. The Morgan fingerprint density at radius 2 is 1.59 bits per heavy atom. The lowest BCUT2D eigenvalue weighted by atomic mass is 9.72. The molecule has 4 rings (SSSR count). The van der Waals surface area contributed by atoms with E-state index in [-0.39, 0.29) is 16.9 Å². The summed E-state index contributed by atoms with van der Waals surface area (Å²) in [5.74, 6) is -0.658. The quantitative estimate of drug-likeness (QED) is 0.270. The highest BCUT2D eigenvalue weighted by Gasteiger charge is 2.31. The number of nitrogens with one attached hydrogen (secondary N) is 1. The zero-order valence-corrected chi connectivity index (χ0v) is 15.5. The number of aromatic amines is 1. The number of aromatic nitrogens is 1. The molecule has 7 heteroatoms. The molecule has 0 saturated heterocycles. The van der Waals surface area contributed by atoms with E-state index in [1.54, 1.807) is 24.3 Å². The van der Waals surface area contributed by atoms with Crippen molar-refractivity contribution in [3.8, 4) is 11.3 Å². The Labute approximate surface area is 167 Å². The van der Waals surface area contributed by atoms with Crippen LogP contribution in [0.4, 0.5) is 0 Å². The molecule has 0 spiro atoms. The van der Waals surface area contributed by atoms with Crippen molar-refractivity contribution in [1.82, 2.24) is 4.98 Å². The smallest absolute Gasteiger partial charge is 0.423 e. The Balaban J connectivity index is 2.02. The number of rotatable bonds is 6. The molecule has 0 saturated carbocycles. The van der Waals surface area contributed by atoms with E-state index in [1.807, 2.05) is 54.6 Å². The van der Waals surface area contributed by atoms with Gasteiger partial charge in [-0.3, -0.25) is 10.1 Å². The molecule has 1 aromatic heterocycles. The lowest BCUT2D eigenvalue weighted by molar-refractivity contribution is -0.481. The highest BCUT2D eigenvalue weighted by atomic mass is 16.6. The Morgan fingerprint density at radius 3 is 2.31 bits per heavy atom. The number of para-hydroxylation sites is 1. The molecule has 1 heterocycles. The summed E-state index contributed by atoms with van der Waals surface area (Å²) < 4.78 is 0. The summed E-state index contributed by atoms with van der Waals surface area (Å²) in [5, 5.41) is 32.2. The van der Waals surface area contributed by atoms with Gasteiger partial charge in [0.15, 0.2) is 0 Å². The summed E-state index contributed by atoms with van der Waals surface area (Å²) in [7, 11) is -1.72. The largest absolute Gasteiger partial charge is 0.488 e. The number of hydrogen-bond acceptors (Lipinski definition) is 4. The molecule has 0 fully saturated rings. The van der Waals surface area contributed by atoms with Gasteiger partial charge in [0.25, 0.3) is 0 Å². The first-order chi connectivity index (χ1) is 14.1. The molecule has 3 aromatic carbocycles. The molecule has 0 aliphatic heterocycles. The second kappa shape index (κ2) is 7.91. The third-order valence-corrected chi connectivity index (χ3v) is 5.14. The van der Waals surface area contributed by atoms with Gasteiger partial charge in [-0.2, -0.15) is 0 Å². The van der Waals surface area contributed by atoms with E-state index in [0.29, 0.717) is 5.56 Å². The van der Waals surface area contributed by atoms with Gasteiger partial charge >= 0.3 is 7.12 Å². The summed E-state index contributed by atoms with van der Waals surface area (Å²) in [4.78, 5) is 14.7. The third kappa shape index (κ3) is 3.65. The standard InChI is InChI=1S/C22H19BN2O4/c26-23(27)19-12-6-4-10-16(19)18(14-25(28)29)21-17-11-5-7-13-20(17)24-22(21)15-8-2-1-3-9-15/h1-13,18,24,26-27H,14H2. The average molecular weight is 386 g/mol. The van der Waals surface area contributed by atoms with Crippen molar-refractivity contribution in [2.75, 3.05) is 6.54 Å². The fraction of sp³-hybridized carbons (Fsp3) is 0.0909. The van der Waals surface area contributed by atoms with Crippen molar-refractivity contribution in [3.05, 3.63) is 100 Å². The molecule has 1 atom stereocenters. The number of fused-ring (bicyclic) bond motifs is 1. The minimum atomic E-state index is -1.72. The SMILES string of the molecule is O=[N+]([O-])CC(c1ccccc1B(O)O)c1c(-c2ccccc2)[nH]c2ccccc12. The first-order valence-corrected chi connectivity index (χ1v) is 9.29. The summed E-state index contributed by atoms with van der Waals surface area (Å²) in [5.41, 5.74) is 4.15. The molecule has 0 bridgehead atoms. The Hall–Kier alpha value is -3.42. The molecule has 1 unspecified atom stereocenters. The van der Waals surface area contributed by atoms with E-state index < -0.39 is 13.0 Å². The molecule has 0 amide bonds. The summed E-state index contributed by atoms with van der Waals surface area (Å²) in [6, 6.07) is 24.1. The normalized spacial score (nSPS) is 12.1. The van der Waals surface area contributed by atoms with Crippen LogP contribution in [0.15, 0.2) is 78.9 Å². The highest BCUT2D eigenvalue weighted by molar-refractivity contribution is 6.59. The Morgan fingerprint density at radius 1 is 0.931 bits per heavy atom. The predicted molar refractivity (Wildman–Crippen MR) is 114 cm³/mol. The third-order valence-electron chi connectivity index (χ3n) is 5.14. The van der Waals surface area contributed by atoms with Crippen LogP contribution in [0.5, 0.6) is 0 Å². The van der Waals surface area contributed by atoms with Gasteiger partial charge in [-0.15, -0.1) is 0 Å². The van der Waals surface area contributed by atoms with Gasteiger partial charge in [-0.1, -0.05) is 72.8 Å². The first-order valence-electron chi connectivity index (χ1n) is 9.29. The molecule has 0 radical (unpaired) electrons. The van der Waals surface area contributed by atoms with Crippen LogP contribution in [0, 0.1) is 10.1 Å². The van der Waals surface area contributed by atoms with E-state index in [0.717, 1.165) is 27.7 Å². The molecule has 0 aliphatic rings. The van der Waals surface area contributed by atoms with Gasteiger partial charge in [0, 0.05) is 15.8 Å². The van der Waals surface area contributed by atoms with E-state index in [1.165, 1.54) is 0 Å². The number of nitro groups is 1. The zero-order chi connectivity index (χ0) is 20.4. The predicted octanol–water partition coefficient (Wildman–Crippen LogP) is 2.92. The zero-order valence-electron chi connectivity index (χ0n) is 15.5. The molecule has 3 N–H and O–H groups in total. The summed E-state index contributed by atoms with van der Waals surface area (Å²) in [6.07, 6.45) is 0. The lowest BCUT2D eigenvalue weighted by Gasteiger charge is -2.19. The first kappa shape index (κ1) is 18.9. The topological polar surface area (TPSA) is 99.4 Å². The maximum Gasteiger partial charge on any atom is 0.488 e. The van der Waals surface area contributed by atoms with Crippen molar-refractivity contribution in [2.45, 2.75) is 5.92 Å². The summed E-state index contributed by atoms with van der Waals surface area (Å²) in [6.45, 7) is -0.370. The van der Waals surface area contributed by atoms with Gasteiger partial charge < -0.3 is 15.0 Å². The van der Waals surface area contributed by atoms with Crippen molar-refractivity contribution < 1.29 is 15.0 Å². The molecule has 4 aromatic rings. The van der Waals surface area contributed by atoms with Gasteiger partial charge in [-0.25, -0.2) is 0 Å². The van der Waals surface area contributed by atoms with Crippen LogP contribution < -0.4 is 5.46 Å². The van der Waals surface area contributed by atoms with Crippen LogP contribution in [0.3, 0.4) is 0 Å². The van der Waals surface area contributed by atoms with E-state index >= 15 is 0 Å². The number of hydrogen-bond donors (Lipinski definition) is 3. The monoisotopic (exact) mass is 386 g/mol. The van der Waals surface area contributed by atoms with Crippen LogP contribution in [0.2, 0.25) is 0 Å². The minimum Gasteiger partial charge on any atom is -0.423 e. The van der Waals surface area contributed by atoms with Crippen LogP contribution in [0.1, 0.15) is 17.0 Å². The van der Waals surface area contributed by atoms with Crippen molar-refractivity contribution >= 4 is 23.5 Å². The molecular formula is C22H19BN2O4. The van der Waals surface area contributed by atoms with Crippen LogP contribution in [-0.2, 0) is 0 Å². The number of nitrogens with zero attached hydrogens (tertiary/aromatic N) is 1. The number of H-pyrrole nitrogens is 1. The Kier molecular flexibility index (Phi) is 5.16. The molecule has 29 heavy (non-hydrogen) atoms. The van der Waals surface area contributed by atoms with E-state index in [2.05, 4.69) is 4.98 Å². The Bertz CT molecular complexity index is 1160. The second-order valence-electron chi connectivity index (χ2n) is 6.90. The van der Waals surface area contributed by atoms with Crippen molar-refractivity contribution in [3.63, 3.8) is 0 Å². The van der Waals surface area contributed by atoms with Crippen molar-refractivity contribution in [2.24, 2.45) is 0 Å². The van der Waals surface area contributed by atoms with Gasteiger partial charge in [0.2, 0.25) is 6.54 Å². The minimum absolute atomic E-state index is 0.267. The number of benzene rings is 3. The average Bonchev–Trinajstić information content (AvgIpc) is 3.12. The summed E-state index contributed by atoms with van der Waals surface area (Å²) >= 11 is 0. The molecule has 6 nitrogen and oxygen atoms in total. The van der Waals surface area contributed by atoms with E-state index in [9.17, 15) is 20.2 Å². The fourth-order valence-corrected chi connectivity index (χ4v) is 3.92. The highest BCUT2D eigenvalue weighted by Crippen LogP contribution is 2.38. The molecule has 144 valence electrons. The van der Waals surface area contributed by atoms with Crippen LogP contribution in [0.25, 0.3) is 22.2 Å². The second-order valence-corrected chi connectivity index (χ2v) is 6.90. The van der Waals surface area contributed by atoms with Gasteiger partial charge in [0.05, 0.1) is 11.6 Å².